The molecule has 0 aliphatic carbocycles. The van der Waals surface area contributed by atoms with E-state index in [0.29, 0.717) is 0 Å². The van der Waals surface area contributed by atoms with E-state index in [-0.39, 0.29) is 0 Å². The van der Waals surface area contributed by atoms with Crippen LogP contribution in [0.4, 0.5) is 13.2 Å². The van der Waals surface area contributed by atoms with Crippen molar-refractivity contribution in [2.45, 2.75) is 6.36 Å². The van der Waals surface area contributed by atoms with Gasteiger partial charge in [-0.05, 0) is 0 Å². The molecular weight excluding hydrogens is 153 g/mol. The number of hydrogen-bond donors (Lipinski definition) is 0. The van der Waals surface area contributed by atoms with Crippen LogP contribution in [-0.2, 0) is 0 Å². The van der Waals surface area contributed by atoms with Crippen LogP contribution in [0, 0.1) is 6.20 Å². The Hall–Kier alpha value is -1.27. The van der Waals surface area contributed by atoms with E-state index in [2.05, 4.69) is 19.6 Å². The van der Waals surface area contributed by atoms with Crippen molar-refractivity contribution < 1.29 is 22.4 Å². The number of ether oxygens (including phenoxy) is 1. The lowest BCUT2D eigenvalue weighted by Gasteiger charge is -2.01. The lowest BCUT2D eigenvalue weighted by molar-refractivity contribution is -0.281. The summed E-state index contributed by atoms with van der Waals surface area (Å²) in [6.45, 7) is 0. The highest BCUT2D eigenvalue weighted by Crippen LogP contribution is 2.19. The SMILES string of the molecule is FC(F)(F)Oc1[c]nno1. The quantitative estimate of drug-likeness (QED) is 0.597. The van der Waals surface area contributed by atoms with Crippen molar-refractivity contribution in [3.63, 3.8) is 0 Å². The molecule has 0 spiro atoms. The minimum absolute atomic E-state index is 0.896. The number of hydrogen-bond acceptors (Lipinski definition) is 4. The summed E-state index contributed by atoms with van der Waals surface area (Å²) in [5.41, 5.74) is 0. The predicted octanol–water partition coefficient (Wildman–Crippen LogP) is 0.768. The molecule has 10 heavy (non-hydrogen) atoms. The van der Waals surface area contributed by atoms with E-state index >= 15 is 0 Å². The molecule has 0 atom stereocenters. The van der Waals surface area contributed by atoms with Gasteiger partial charge in [0.2, 0.25) is 6.20 Å². The summed E-state index contributed by atoms with van der Waals surface area (Å²) in [4.78, 5) is 0. The van der Waals surface area contributed by atoms with Gasteiger partial charge in [-0.3, -0.25) is 4.52 Å². The van der Waals surface area contributed by atoms with Crippen LogP contribution in [0.1, 0.15) is 0 Å². The van der Waals surface area contributed by atoms with Crippen molar-refractivity contribution >= 4 is 0 Å². The molecule has 0 bridgehead atoms. The second-order valence-corrected chi connectivity index (χ2v) is 1.22. The maximum absolute atomic E-state index is 11.3. The molecule has 1 radical (unpaired) electrons. The van der Waals surface area contributed by atoms with Gasteiger partial charge < -0.3 is 4.74 Å². The Morgan fingerprint density at radius 2 is 2.20 bits per heavy atom. The van der Waals surface area contributed by atoms with E-state index in [1.54, 1.807) is 6.20 Å². The Morgan fingerprint density at radius 3 is 2.60 bits per heavy atom. The average Bonchev–Trinajstić information content (AvgIpc) is 2.12. The fourth-order valence-electron chi connectivity index (χ4n) is 0.286. The van der Waals surface area contributed by atoms with Crippen LogP contribution in [-0.4, -0.2) is 16.7 Å². The summed E-state index contributed by atoms with van der Waals surface area (Å²) < 4.78 is 40.8. The summed E-state index contributed by atoms with van der Waals surface area (Å²) in [6.07, 6.45) is -3.06. The summed E-state index contributed by atoms with van der Waals surface area (Å²) in [6, 6.07) is 0. The normalized spacial score (nSPS) is 11.5. The molecule has 1 aromatic rings. The minimum atomic E-state index is -4.78. The van der Waals surface area contributed by atoms with E-state index in [1.807, 2.05) is 0 Å². The molecule has 1 rings (SSSR count). The maximum atomic E-state index is 11.3. The molecule has 0 N–H and O–H groups in total. The van der Waals surface area contributed by atoms with Crippen LogP contribution in [0.3, 0.4) is 0 Å². The summed E-state index contributed by atoms with van der Waals surface area (Å²) >= 11 is 0. The topological polar surface area (TPSA) is 48.2 Å². The number of alkyl halides is 3. The van der Waals surface area contributed by atoms with Crippen molar-refractivity contribution in [2.24, 2.45) is 0 Å². The summed E-state index contributed by atoms with van der Waals surface area (Å²) in [7, 11) is 0. The third kappa shape index (κ3) is 1.92. The van der Waals surface area contributed by atoms with Crippen LogP contribution in [0.5, 0.6) is 5.95 Å². The molecule has 0 saturated heterocycles. The Kier molecular flexibility index (Phi) is 1.48. The lowest BCUT2D eigenvalue weighted by atomic mass is 10.9. The van der Waals surface area contributed by atoms with Gasteiger partial charge in [-0.1, -0.05) is 0 Å². The number of aromatic nitrogens is 2. The van der Waals surface area contributed by atoms with Gasteiger partial charge in [0.15, 0.2) is 0 Å². The zero-order chi connectivity index (χ0) is 7.61. The average molecular weight is 153 g/mol. The first-order valence-electron chi connectivity index (χ1n) is 2.04. The van der Waals surface area contributed by atoms with Crippen LogP contribution in [0.2, 0.25) is 0 Å². The van der Waals surface area contributed by atoms with Gasteiger partial charge in [0.25, 0.3) is 0 Å². The van der Waals surface area contributed by atoms with E-state index in [0.717, 1.165) is 0 Å². The highest BCUT2D eigenvalue weighted by Gasteiger charge is 2.33. The van der Waals surface area contributed by atoms with E-state index in [4.69, 9.17) is 0 Å². The number of nitrogens with zero attached hydrogens (tertiary/aromatic N) is 2. The highest BCUT2D eigenvalue weighted by atomic mass is 19.4. The Balaban J connectivity index is 2.57. The largest absolute Gasteiger partial charge is 0.575 e. The van der Waals surface area contributed by atoms with E-state index in [1.165, 1.54) is 0 Å². The molecule has 4 nitrogen and oxygen atoms in total. The number of halogens is 3. The van der Waals surface area contributed by atoms with Crippen molar-refractivity contribution in [3.8, 4) is 5.95 Å². The monoisotopic (exact) mass is 153 g/mol. The first-order valence-corrected chi connectivity index (χ1v) is 2.04. The van der Waals surface area contributed by atoms with E-state index in [9.17, 15) is 13.2 Å². The standard InChI is InChI=1S/C3F3N2O2/c4-3(5,6)9-2-1-7-8-10-2. The molecule has 7 heteroatoms. The lowest BCUT2D eigenvalue weighted by Crippen LogP contribution is -2.16. The molecular formula is C3F3N2O2. The first kappa shape index (κ1) is 6.84. The highest BCUT2D eigenvalue weighted by molar-refractivity contribution is 4.89. The predicted molar refractivity (Wildman–Crippen MR) is 19.8 cm³/mol. The third-order valence-electron chi connectivity index (χ3n) is 0.514. The molecule has 0 aliphatic heterocycles. The molecule has 0 aromatic carbocycles. The fourth-order valence-corrected chi connectivity index (χ4v) is 0.286. The fraction of sp³-hybridized carbons (Fsp3) is 0.333. The molecule has 0 amide bonds. The third-order valence-corrected chi connectivity index (χ3v) is 0.514. The van der Waals surface area contributed by atoms with Crippen molar-refractivity contribution in [3.05, 3.63) is 6.20 Å². The Morgan fingerprint density at radius 1 is 1.50 bits per heavy atom. The first-order chi connectivity index (χ1) is 4.58. The molecule has 0 aliphatic rings. The van der Waals surface area contributed by atoms with E-state index < -0.39 is 12.3 Å². The molecule has 1 heterocycles. The Labute approximate surface area is 52.6 Å². The summed E-state index contributed by atoms with van der Waals surface area (Å²) in [5.74, 6) is -0.896. The summed E-state index contributed by atoms with van der Waals surface area (Å²) in [5, 5.41) is 5.54. The molecule has 0 unspecified atom stereocenters. The molecule has 0 saturated carbocycles. The Bertz CT molecular complexity index is 194. The number of rotatable bonds is 1. The van der Waals surface area contributed by atoms with Gasteiger partial charge in [-0.15, -0.1) is 18.3 Å². The van der Waals surface area contributed by atoms with Crippen molar-refractivity contribution in [1.82, 2.24) is 10.4 Å². The minimum Gasteiger partial charge on any atom is -0.369 e. The zero-order valence-corrected chi connectivity index (χ0v) is 4.34. The van der Waals surface area contributed by atoms with Gasteiger partial charge >= 0.3 is 12.3 Å². The zero-order valence-electron chi connectivity index (χ0n) is 4.34. The second kappa shape index (κ2) is 2.16. The molecule has 55 valence electrons. The van der Waals surface area contributed by atoms with Crippen molar-refractivity contribution in [1.29, 1.82) is 0 Å². The van der Waals surface area contributed by atoms with Gasteiger partial charge in [0, 0.05) is 5.27 Å². The molecule has 0 fully saturated rings. The second-order valence-electron chi connectivity index (χ2n) is 1.22. The van der Waals surface area contributed by atoms with Crippen LogP contribution in [0.15, 0.2) is 4.52 Å². The van der Waals surface area contributed by atoms with Gasteiger partial charge in [0.05, 0.1) is 0 Å². The van der Waals surface area contributed by atoms with Crippen LogP contribution >= 0.6 is 0 Å². The van der Waals surface area contributed by atoms with Crippen molar-refractivity contribution in [2.75, 3.05) is 0 Å². The smallest absolute Gasteiger partial charge is 0.369 e. The van der Waals surface area contributed by atoms with Crippen LogP contribution < -0.4 is 4.74 Å². The van der Waals surface area contributed by atoms with Crippen LogP contribution in [0.25, 0.3) is 0 Å². The van der Waals surface area contributed by atoms with Gasteiger partial charge in [-0.2, -0.15) is 0 Å². The maximum Gasteiger partial charge on any atom is 0.575 e. The molecule has 1 aromatic heterocycles. The van der Waals surface area contributed by atoms with Gasteiger partial charge in [0.1, 0.15) is 0 Å². The van der Waals surface area contributed by atoms with Gasteiger partial charge in [-0.25, -0.2) is 0 Å².